The Morgan fingerprint density at radius 3 is 2.32 bits per heavy atom. The Morgan fingerprint density at radius 2 is 1.65 bits per heavy atom. The second-order valence-corrected chi connectivity index (χ2v) is 8.58. The van der Waals surface area contributed by atoms with Gasteiger partial charge in [0.25, 0.3) is 10.0 Å². The summed E-state index contributed by atoms with van der Waals surface area (Å²) in [5.41, 5.74) is 0.0209. The molecule has 3 aromatic carbocycles. The molecule has 0 radical (unpaired) electrons. The summed E-state index contributed by atoms with van der Waals surface area (Å²) in [5.74, 6) is -1.94. The highest BCUT2D eigenvalue weighted by atomic mass is 32.2. The van der Waals surface area contributed by atoms with E-state index in [0.29, 0.717) is 34.2 Å². The lowest BCUT2D eigenvalue weighted by atomic mass is 10.1. The molecule has 0 unspecified atom stereocenters. The minimum absolute atomic E-state index is 0.0655. The maximum atomic E-state index is 14.7. The highest BCUT2D eigenvalue weighted by Gasteiger charge is 2.21. The number of rotatable bonds is 7. The number of fused-ring (bicyclic) bond motifs is 1. The van der Waals surface area contributed by atoms with Crippen molar-refractivity contribution in [3.8, 4) is 23.0 Å². The molecule has 1 aromatic heterocycles. The Hall–Kier alpha value is -3.99. The number of methoxy groups -OCH3 is 2. The van der Waals surface area contributed by atoms with E-state index in [4.69, 9.17) is 14.2 Å². The first-order valence-corrected chi connectivity index (χ1v) is 11.2. The van der Waals surface area contributed by atoms with Gasteiger partial charge in [-0.1, -0.05) is 0 Å². The molecular formula is C23H17F3N2O5S. The van der Waals surface area contributed by atoms with E-state index in [9.17, 15) is 21.6 Å². The van der Waals surface area contributed by atoms with Gasteiger partial charge < -0.3 is 14.2 Å². The lowest BCUT2D eigenvalue weighted by molar-refractivity contribution is 0.358. The van der Waals surface area contributed by atoms with Crippen LogP contribution in [0.3, 0.4) is 0 Å². The molecule has 7 nitrogen and oxygen atoms in total. The number of sulfonamides is 1. The molecule has 0 bridgehead atoms. The van der Waals surface area contributed by atoms with Gasteiger partial charge in [-0.25, -0.2) is 21.6 Å². The fourth-order valence-corrected chi connectivity index (χ4v) is 4.39. The average molecular weight is 490 g/mol. The van der Waals surface area contributed by atoms with E-state index in [1.807, 2.05) is 4.72 Å². The molecule has 0 fully saturated rings. The average Bonchev–Trinajstić information content (AvgIpc) is 2.80. The number of hydrogen-bond acceptors (Lipinski definition) is 6. The summed E-state index contributed by atoms with van der Waals surface area (Å²) >= 11 is 0. The van der Waals surface area contributed by atoms with Crippen molar-refractivity contribution >= 4 is 26.6 Å². The first-order chi connectivity index (χ1) is 16.2. The van der Waals surface area contributed by atoms with Crippen LogP contribution >= 0.6 is 0 Å². The Kier molecular flexibility index (Phi) is 6.20. The van der Waals surface area contributed by atoms with Crippen LogP contribution in [-0.2, 0) is 10.0 Å². The van der Waals surface area contributed by atoms with Crippen molar-refractivity contribution < 1.29 is 35.8 Å². The highest BCUT2D eigenvalue weighted by Crippen LogP contribution is 2.39. The number of benzene rings is 3. The Balaban J connectivity index is 1.63. The molecule has 1 heterocycles. The van der Waals surface area contributed by atoms with Gasteiger partial charge in [0, 0.05) is 23.7 Å². The minimum Gasteiger partial charge on any atom is -0.493 e. The van der Waals surface area contributed by atoms with Crippen LogP contribution in [0.5, 0.6) is 23.0 Å². The van der Waals surface area contributed by atoms with Gasteiger partial charge in [-0.2, -0.15) is 0 Å². The standard InChI is InChI=1S/C23H17F3N2O5S/c1-31-20-7-5-15-19(9-10-27-22(15)23(20)32-2)33-14-4-6-18(16(25)12-14)28-34(29,30)21-8-3-13(24)11-17(21)26/h3-12,28H,1-2H3. The number of pyridine rings is 1. The van der Waals surface area contributed by atoms with Gasteiger partial charge in [0.15, 0.2) is 17.3 Å². The van der Waals surface area contributed by atoms with Gasteiger partial charge in [-0.3, -0.25) is 9.71 Å². The fraction of sp³-hybridized carbons (Fsp3) is 0.0870. The molecular weight excluding hydrogens is 473 g/mol. The lowest BCUT2D eigenvalue weighted by Crippen LogP contribution is -2.15. The topological polar surface area (TPSA) is 86.8 Å². The summed E-state index contributed by atoms with van der Waals surface area (Å²) in [7, 11) is -1.54. The van der Waals surface area contributed by atoms with Gasteiger partial charge in [0.05, 0.1) is 19.9 Å². The van der Waals surface area contributed by atoms with E-state index in [-0.39, 0.29) is 5.75 Å². The van der Waals surface area contributed by atoms with Gasteiger partial charge in [0.2, 0.25) is 0 Å². The molecule has 4 rings (SSSR count). The third kappa shape index (κ3) is 4.42. The third-order valence-corrected chi connectivity index (χ3v) is 6.21. The second kappa shape index (κ2) is 9.10. The summed E-state index contributed by atoms with van der Waals surface area (Å²) in [6.45, 7) is 0. The smallest absolute Gasteiger partial charge is 0.264 e. The minimum atomic E-state index is -4.50. The van der Waals surface area contributed by atoms with E-state index in [1.54, 1.807) is 18.2 Å². The molecule has 11 heteroatoms. The molecule has 4 aromatic rings. The number of aromatic nitrogens is 1. The third-order valence-electron chi connectivity index (χ3n) is 4.81. The van der Waals surface area contributed by atoms with Crippen LogP contribution < -0.4 is 18.9 Å². The zero-order valence-electron chi connectivity index (χ0n) is 17.8. The molecule has 0 amide bonds. The van der Waals surface area contributed by atoms with E-state index in [0.717, 1.165) is 24.3 Å². The maximum Gasteiger partial charge on any atom is 0.264 e. The SMILES string of the molecule is COc1ccc2c(Oc3ccc(NS(=O)(=O)c4ccc(F)cc4F)c(F)c3)ccnc2c1OC. The van der Waals surface area contributed by atoms with Crippen LogP contribution in [0.1, 0.15) is 0 Å². The van der Waals surface area contributed by atoms with Crippen LogP contribution in [0.4, 0.5) is 18.9 Å². The Bertz CT molecular complexity index is 1500. The Labute approximate surface area is 192 Å². The number of hydrogen-bond donors (Lipinski definition) is 1. The monoisotopic (exact) mass is 490 g/mol. The predicted octanol–water partition coefficient (Wildman–Crippen LogP) is 5.26. The largest absolute Gasteiger partial charge is 0.493 e. The normalized spacial score (nSPS) is 11.3. The highest BCUT2D eigenvalue weighted by molar-refractivity contribution is 7.92. The second-order valence-electron chi connectivity index (χ2n) is 6.93. The van der Waals surface area contributed by atoms with E-state index >= 15 is 0 Å². The number of ether oxygens (including phenoxy) is 3. The molecule has 0 spiro atoms. The van der Waals surface area contributed by atoms with Gasteiger partial charge in [-0.15, -0.1) is 0 Å². The molecule has 0 saturated heterocycles. The van der Waals surface area contributed by atoms with Crippen LogP contribution in [0.2, 0.25) is 0 Å². The zero-order valence-corrected chi connectivity index (χ0v) is 18.6. The van der Waals surface area contributed by atoms with Crippen LogP contribution in [0.15, 0.2) is 65.7 Å². The molecule has 1 N–H and O–H groups in total. The molecule has 0 aliphatic rings. The van der Waals surface area contributed by atoms with Crippen molar-refractivity contribution in [2.45, 2.75) is 4.90 Å². The molecule has 176 valence electrons. The van der Waals surface area contributed by atoms with Crippen molar-refractivity contribution in [3.63, 3.8) is 0 Å². The van der Waals surface area contributed by atoms with E-state index < -0.39 is 38.1 Å². The molecule has 0 aliphatic heterocycles. The van der Waals surface area contributed by atoms with E-state index in [1.165, 1.54) is 26.5 Å². The maximum absolute atomic E-state index is 14.7. The summed E-state index contributed by atoms with van der Waals surface area (Å²) < 4.78 is 84.9. The van der Waals surface area contributed by atoms with Gasteiger partial charge >= 0.3 is 0 Å². The van der Waals surface area contributed by atoms with E-state index in [2.05, 4.69) is 4.98 Å². The Morgan fingerprint density at radius 1 is 0.853 bits per heavy atom. The fourth-order valence-electron chi connectivity index (χ4n) is 3.26. The summed E-state index contributed by atoms with van der Waals surface area (Å²) in [4.78, 5) is 3.47. The number of anilines is 1. The molecule has 0 saturated carbocycles. The van der Waals surface area contributed by atoms with Crippen molar-refractivity contribution in [2.75, 3.05) is 18.9 Å². The molecule has 0 atom stereocenters. The molecule has 0 aliphatic carbocycles. The van der Waals surface area contributed by atoms with Crippen molar-refractivity contribution in [1.29, 1.82) is 0 Å². The predicted molar refractivity (Wildman–Crippen MR) is 118 cm³/mol. The zero-order chi connectivity index (χ0) is 24.5. The first-order valence-electron chi connectivity index (χ1n) is 9.68. The quantitative estimate of drug-likeness (QED) is 0.380. The van der Waals surface area contributed by atoms with Crippen molar-refractivity contribution in [1.82, 2.24) is 4.98 Å². The summed E-state index contributed by atoms with van der Waals surface area (Å²) in [5, 5.41) is 0.567. The van der Waals surface area contributed by atoms with Gasteiger partial charge in [-0.05, 0) is 42.5 Å². The number of halogens is 3. The molecule has 34 heavy (non-hydrogen) atoms. The van der Waals surface area contributed by atoms with Crippen molar-refractivity contribution in [3.05, 3.63) is 78.2 Å². The summed E-state index contributed by atoms with van der Waals surface area (Å²) in [6.07, 6.45) is 1.48. The van der Waals surface area contributed by atoms with Gasteiger partial charge in [0.1, 0.15) is 33.5 Å². The number of nitrogens with zero attached hydrogens (tertiary/aromatic N) is 1. The van der Waals surface area contributed by atoms with Crippen LogP contribution in [0, 0.1) is 17.5 Å². The first kappa shape index (κ1) is 23.2. The summed E-state index contributed by atoms with van der Waals surface area (Å²) in [6, 6.07) is 10.3. The lowest BCUT2D eigenvalue weighted by Gasteiger charge is -2.14. The van der Waals surface area contributed by atoms with Crippen LogP contribution in [-0.4, -0.2) is 27.6 Å². The van der Waals surface area contributed by atoms with Crippen LogP contribution in [0.25, 0.3) is 10.9 Å². The van der Waals surface area contributed by atoms with Crippen molar-refractivity contribution in [2.24, 2.45) is 0 Å². The number of nitrogens with one attached hydrogen (secondary N) is 1.